The minimum atomic E-state index is -0.671. The van der Waals surface area contributed by atoms with Crippen LogP contribution in [0.4, 0.5) is 0 Å². The molecule has 1 aromatic carbocycles. The Morgan fingerprint density at radius 3 is 2.42 bits per heavy atom. The van der Waals surface area contributed by atoms with Gasteiger partial charge in [0.1, 0.15) is 0 Å². The topological polar surface area (TPSA) is 56.3 Å². The Hall–Kier alpha value is -0.940. The van der Waals surface area contributed by atoms with Crippen molar-refractivity contribution in [1.29, 1.82) is 0 Å². The van der Waals surface area contributed by atoms with Crippen molar-refractivity contribution in [1.82, 2.24) is 16.2 Å². The van der Waals surface area contributed by atoms with Gasteiger partial charge in [-0.25, -0.2) is 10.9 Å². The molecule has 2 rings (SSSR count). The van der Waals surface area contributed by atoms with E-state index >= 15 is 0 Å². The van der Waals surface area contributed by atoms with Gasteiger partial charge in [0.05, 0.1) is 6.17 Å². The molecule has 1 aliphatic rings. The van der Waals surface area contributed by atoms with Crippen molar-refractivity contribution in [2.75, 3.05) is 0 Å². The van der Waals surface area contributed by atoms with Gasteiger partial charge < -0.3 is 5.11 Å². The summed E-state index contributed by atoms with van der Waals surface area (Å²) in [5.41, 5.74) is 6.67. The highest BCUT2D eigenvalue weighted by Gasteiger charge is 2.20. The molecule has 0 aromatic heterocycles. The summed E-state index contributed by atoms with van der Waals surface area (Å²) in [7, 11) is 0. The van der Waals surface area contributed by atoms with Gasteiger partial charge >= 0.3 is 0 Å². The van der Waals surface area contributed by atoms with Crippen LogP contribution >= 0.6 is 0 Å². The SMILES string of the molecule is OC1NNC(c2ccccc2)N1. The zero-order chi connectivity index (χ0) is 8.39. The molecule has 2 unspecified atom stereocenters. The van der Waals surface area contributed by atoms with Crippen molar-refractivity contribution >= 4 is 0 Å². The third-order valence-electron chi connectivity index (χ3n) is 1.82. The maximum atomic E-state index is 9.08. The molecule has 0 spiro atoms. The van der Waals surface area contributed by atoms with E-state index in [2.05, 4.69) is 16.2 Å². The van der Waals surface area contributed by atoms with Gasteiger partial charge in [-0.15, -0.1) is 0 Å². The monoisotopic (exact) mass is 165 g/mol. The van der Waals surface area contributed by atoms with Gasteiger partial charge in [0.25, 0.3) is 0 Å². The van der Waals surface area contributed by atoms with Crippen molar-refractivity contribution in [2.45, 2.75) is 12.5 Å². The maximum absolute atomic E-state index is 9.08. The molecule has 1 saturated heterocycles. The predicted molar refractivity (Wildman–Crippen MR) is 44.6 cm³/mol. The fourth-order valence-corrected chi connectivity index (χ4v) is 1.23. The minimum Gasteiger partial charge on any atom is -0.364 e. The number of hydrazine groups is 1. The van der Waals surface area contributed by atoms with Crippen LogP contribution in [-0.2, 0) is 0 Å². The lowest BCUT2D eigenvalue weighted by Crippen LogP contribution is -2.32. The quantitative estimate of drug-likeness (QED) is 0.460. The van der Waals surface area contributed by atoms with Crippen LogP contribution in [0.25, 0.3) is 0 Å². The molecule has 1 fully saturated rings. The van der Waals surface area contributed by atoms with Crippen LogP contribution in [0.3, 0.4) is 0 Å². The molecule has 0 saturated carbocycles. The number of hydrogen-bond acceptors (Lipinski definition) is 4. The summed E-state index contributed by atoms with van der Waals surface area (Å²) < 4.78 is 0. The summed E-state index contributed by atoms with van der Waals surface area (Å²) in [6.45, 7) is 0. The van der Waals surface area contributed by atoms with Crippen LogP contribution in [0.1, 0.15) is 11.7 Å². The number of rotatable bonds is 1. The highest BCUT2D eigenvalue weighted by atomic mass is 16.3. The van der Waals surface area contributed by atoms with Gasteiger partial charge in [0.15, 0.2) is 6.35 Å². The molecule has 1 aliphatic heterocycles. The molecule has 12 heavy (non-hydrogen) atoms. The Kier molecular flexibility index (Phi) is 2.05. The number of benzene rings is 1. The third kappa shape index (κ3) is 1.46. The average molecular weight is 165 g/mol. The maximum Gasteiger partial charge on any atom is 0.174 e. The van der Waals surface area contributed by atoms with Crippen LogP contribution < -0.4 is 16.2 Å². The summed E-state index contributed by atoms with van der Waals surface area (Å²) >= 11 is 0. The van der Waals surface area contributed by atoms with Crippen LogP contribution in [0.5, 0.6) is 0 Å². The van der Waals surface area contributed by atoms with Crippen molar-refractivity contribution < 1.29 is 5.11 Å². The van der Waals surface area contributed by atoms with Gasteiger partial charge in [0, 0.05) is 0 Å². The molecule has 4 nitrogen and oxygen atoms in total. The molecule has 64 valence electrons. The summed E-state index contributed by atoms with van der Waals surface area (Å²) in [5.74, 6) is 0. The molecule has 1 heterocycles. The fourth-order valence-electron chi connectivity index (χ4n) is 1.23. The third-order valence-corrected chi connectivity index (χ3v) is 1.82. The molecule has 2 atom stereocenters. The molecule has 0 aliphatic carbocycles. The standard InChI is InChI=1S/C8H11N3O/c12-8-9-7(10-11-8)6-4-2-1-3-5-6/h1-5,7-12H. The molecule has 4 heteroatoms. The zero-order valence-corrected chi connectivity index (χ0v) is 6.49. The number of hydrogen-bond donors (Lipinski definition) is 4. The van der Waals surface area contributed by atoms with E-state index in [1.165, 1.54) is 0 Å². The Balaban J connectivity index is 2.11. The van der Waals surface area contributed by atoms with E-state index < -0.39 is 6.35 Å². The first kappa shape index (κ1) is 7.70. The van der Waals surface area contributed by atoms with Gasteiger partial charge in [-0.1, -0.05) is 30.3 Å². The van der Waals surface area contributed by atoms with Crippen LogP contribution in [0, 0.1) is 0 Å². The van der Waals surface area contributed by atoms with Gasteiger partial charge in [-0.3, -0.25) is 5.32 Å². The lowest BCUT2D eigenvalue weighted by molar-refractivity contribution is 0.130. The van der Waals surface area contributed by atoms with Crippen LogP contribution in [0.2, 0.25) is 0 Å². The summed E-state index contributed by atoms with van der Waals surface area (Å²) in [6, 6.07) is 9.86. The smallest absolute Gasteiger partial charge is 0.174 e. The normalized spacial score (nSPS) is 29.1. The predicted octanol–water partition coefficient (Wildman–Crippen LogP) is -0.342. The second-order valence-corrected chi connectivity index (χ2v) is 2.70. The minimum absolute atomic E-state index is 0.0128. The first-order valence-corrected chi connectivity index (χ1v) is 3.86. The van der Waals surface area contributed by atoms with Crippen molar-refractivity contribution in [2.24, 2.45) is 0 Å². The van der Waals surface area contributed by atoms with E-state index in [9.17, 15) is 0 Å². The summed E-state index contributed by atoms with van der Waals surface area (Å²) in [4.78, 5) is 0. The largest absolute Gasteiger partial charge is 0.364 e. The Morgan fingerprint density at radius 2 is 1.83 bits per heavy atom. The molecular formula is C8H11N3O. The lowest BCUT2D eigenvalue weighted by Gasteiger charge is -2.09. The van der Waals surface area contributed by atoms with Crippen molar-refractivity contribution in [3.05, 3.63) is 35.9 Å². The zero-order valence-electron chi connectivity index (χ0n) is 6.49. The van der Waals surface area contributed by atoms with E-state index in [1.807, 2.05) is 30.3 Å². The summed E-state index contributed by atoms with van der Waals surface area (Å²) in [5, 5.41) is 12.0. The van der Waals surface area contributed by atoms with Gasteiger partial charge in [-0.2, -0.15) is 0 Å². The second-order valence-electron chi connectivity index (χ2n) is 2.70. The molecular weight excluding hydrogens is 154 g/mol. The second kappa shape index (κ2) is 3.20. The molecule has 4 N–H and O–H groups in total. The van der Waals surface area contributed by atoms with E-state index in [4.69, 9.17) is 5.11 Å². The van der Waals surface area contributed by atoms with Crippen LogP contribution in [0.15, 0.2) is 30.3 Å². The molecule has 0 radical (unpaired) electrons. The Labute approximate surface area is 70.6 Å². The van der Waals surface area contributed by atoms with E-state index in [0.717, 1.165) is 5.56 Å². The lowest BCUT2D eigenvalue weighted by atomic mass is 10.2. The number of nitrogens with one attached hydrogen (secondary N) is 3. The fraction of sp³-hybridized carbons (Fsp3) is 0.250. The van der Waals surface area contributed by atoms with E-state index in [0.29, 0.717) is 0 Å². The van der Waals surface area contributed by atoms with E-state index in [-0.39, 0.29) is 6.17 Å². The van der Waals surface area contributed by atoms with Crippen LogP contribution in [-0.4, -0.2) is 11.5 Å². The number of aliphatic hydroxyl groups excluding tert-OH is 1. The highest BCUT2D eigenvalue weighted by Crippen LogP contribution is 2.10. The average Bonchev–Trinajstić information content (AvgIpc) is 2.54. The van der Waals surface area contributed by atoms with Gasteiger partial charge in [0.2, 0.25) is 0 Å². The highest BCUT2D eigenvalue weighted by molar-refractivity contribution is 5.18. The van der Waals surface area contributed by atoms with Crippen molar-refractivity contribution in [3.8, 4) is 0 Å². The Morgan fingerprint density at radius 1 is 1.08 bits per heavy atom. The summed E-state index contributed by atoms with van der Waals surface area (Å²) in [6.07, 6.45) is -0.684. The Bertz CT molecular complexity index is 252. The van der Waals surface area contributed by atoms with E-state index in [1.54, 1.807) is 0 Å². The molecule has 0 bridgehead atoms. The molecule has 1 aromatic rings. The first-order valence-electron chi connectivity index (χ1n) is 3.86. The first-order chi connectivity index (χ1) is 5.86. The van der Waals surface area contributed by atoms with Crippen molar-refractivity contribution in [3.63, 3.8) is 0 Å². The number of aliphatic hydroxyl groups is 1. The van der Waals surface area contributed by atoms with Gasteiger partial charge in [-0.05, 0) is 5.56 Å². The molecule has 0 amide bonds.